The highest BCUT2D eigenvalue weighted by Gasteiger charge is 2.15. The van der Waals surface area contributed by atoms with E-state index < -0.39 is 0 Å². The third-order valence-electron chi connectivity index (χ3n) is 2.95. The summed E-state index contributed by atoms with van der Waals surface area (Å²) >= 11 is 0. The van der Waals surface area contributed by atoms with E-state index in [4.69, 9.17) is 11.0 Å². The quantitative estimate of drug-likeness (QED) is 0.855. The van der Waals surface area contributed by atoms with Gasteiger partial charge in [-0.1, -0.05) is 18.2 Å². The Labute approximate surface area is 111 Å². The fraction of sp³-hybridized carbons (Fsp3) is 0.133. The van der Waals surface area contributed by atoms with E-state index in [1.54, 1.807) is 41.3 Å². The summed E-state index contributed by atoms with van der Waals surface area (Å²) < 4.78 is 13.9. The highest BCUT2D eigenvalue weighted by atomic mass is 19.1. The Bertz CT molecular complexity index is 632. The first-order valence-corrected chi connectivity index (χ1v) is 5.99. The van der Waals surface area contributed by atoms with Crippen LogP contribution in [0.4, 0.5) is 21.5 Å². The second-order valence-corrected chi connectivity index (χ2v) is 4.05. The van der Waals surface area contributed by atoms with Gasteiger partial charge < -0.3 is 10.6 Å². The van der Waals surface area contributed by atoms with Crippen LogP contribution in [0, 0.1) is 17.1 Å². The number of hydrogen-bond acceptors (Lipinski definition) is 3. The van der Waals surface area contributed by atoms with Gasteiger partial charge in [0.15, 0.2) is 0 Å². The molecule has 0 fully saturated rings. The number of nitrogens with two attached hydrogens (primary N) is 1. The van der Waals surface area contributed by atoms with E-state index in [9.17, 15) is 4.39 Å². The molecule has 2 aromatic rings. The van der Waals surface area contributed by atoms with Gasteiger partial charge in [0.25, 0.3) is 0 Å². The summed E-state index contributed by atoms with van der Waals surface area (Å²) in [6.07, 6.45) is 0. The average Bonchev–Trinajstić information content (AvgIpc) is 2.43. The first kappa shape index (κ1) is 12.9. The zero-order chi connectivity index (χ0) is 13.8. The zero-order valence-corrected chi connectivity index (χ0v) is 10.6. The summed E-state index contributed by atoms with van der Waals surface area (Å²) in [6, 6.07) is 13.7. The van der Waals surface area contributed by atoms with E-state index in [1.807, 2.05) is 13.0 Å². The lowest BCUT2D eigenvalue weighted by Gasteiger charge is -2.25. The van der Waals surface area contributed by atoms with E-state index in [-0.39, 0.29) is 5.82 Å². The Morgan fingerprint density at radius 1 is 1.16 bits per heavy atom. The van der Waals surface area contributed by atoms with E-state index in [0.717, 1.165) is 0 Å². The second-order valence-electron chi connectivity index (χ2n) is 4.05. The predicted octanol–water partition coefficient (Wildman–Crippen LogP) is 3.44. The van der Waals surface area contributed by atoms with Crippen LogP contribution in [0.5, 0.6) is 0 Å². The molecule has 0 saturated heterocycles. The fourth-order valence-corrected chi connectivity index (χ4v) is 2.03. The maximum atomic E-state index is 13.9. The minimum atomic E-state index is -0.314. The van der Waals surface area contributed by atoms with Crippen LogP contribution in [-0.4, -0.2) is 6.54 Å². The molecule has 2 rings (SSSR count). The number of halogens is 1. The highest BCUT2D eigenvalue weighted by Crippen LogP contribution is 2.33. The Hall–Kier alpha value is -2.54. The molecule has 0 atom stereocenters. The van der Waals surface area contributed by atoms with Gasteiger partial charge in [0.1, 0.15) is 11.9 Å². The zero-order valence-electron chi connectivity index (χ0n) is 10.6. The molecule has 0 aliphatic carbocycles. The van der Waals surface area contributed by atoms with Crippen molar-refractivity contribution in [1.82, 2.24) is 0 Å². The lowest BCUT2D eigenvalue weighted by Crippen LogP contribution is -2.19. The van der Waals surface area contributed by atoms with E-state index in [1.165, 1.54) is 6.07 Å². The second kappa shape index (κ2) is 5.40. The van der Waals surface area contributed by atoms with Crippen molar-refractivity contribution in [1.29, 1.82) is 5.26 Å². The molecule has 2 aromatic carbocycles. The van der Waals surface area contributed by atoms with Gasteiger partial charge in [-0.15, -0.1) is 0 Å². The smallest absolute Gasteiger partial charge is 0.146 e. The van der Waals surface area contributed by atoms with Gasteiger partial charge in [-0.3, -0.25) is 0 Å². The number of hydrogen-bond donors (Lipinski definition) is 1. The molecule has 2 N–H and O–H groups in total. The number of para-hydroxylation sites is 2. The molecule has 3 nitrogen and oxygen atoms in total. The Morgan fingerprint density at radius 2 is 1.84 bits per heavy atom. The molecule has 4 heteroatoms. The van der Waals surface area contributed by atoms with Crippen LogP contribution < -0.4 is 10.6 Å². The van der Waals surface area contributed by atoms with Crippen LogP contribution in [0.25, 0.3) is 0 Å². The van der Waals surface area contributed by atoms with Gasteiger partial charge >= 0.3 is 0 Å². The maximum absolute atomic E-state index is 13.9. The van der Waals surface area contributed by atoms with Crippen molar-refractivity contribution in [2.75, 3.05) is 17.2 Å². The molecule has 19 heavy (non-hydrogen) atoms. The van der Waals surface area contributed by atoms with Gasteiger partial charge in [0.2, 0.25) is 0 Å². The molecule has 96 valence electrons. The first-order valence-electron chi connectivity index (χ1n) is 5.99. The highest BCUT2D eigenvalue weighted by molar-refractivity contribution is 5.79. The monoisotopic (exact) mass is 255 g/mol. The number of nitrogens with zero attached hydrogens (tertiary/aromatic N) is 2. The SMILES string of the molecule is CCN(c1ccccc1F)c1cccc(C#N)c1N. The summed E-state index contributed by atoms with van der Waals surface area (Å²) in [4.78, 5) is 1.76. The number of nitrogen functional groups attached to an aromatic ring is 1. The summed E-state index contributed by atoms with van der Waals surface area (Å²) in [5.74, 6) is -0.314. The van der Waals surface area contributed by atoms with E-state index in [0.29, 0.717) is 29.2 Å². The Balaban J connectivity index is 2.56. The number of rotatable bonds is 3. The third kappa shape index (κ3) is 2.36. The van der Waals surface area contributed by atoms with Gasteiger partial charge in [0.05, 0.1) is 22.6 Å². The summed E-state index contributed by atoms with van der Waals surface area (Å²) in [5, 5.41) is 9.00. The van der Waals surface area contributed by atoms with Crippen LogP contribution >= 0.6 is 0 Å². The normalized spacial score (nSPS) is 9.95. The standard InChI is InChI=1S/C15H14FN3/c1-2-19(13-8-4-3-7-12(13)16)14-9-5-6-11(10-17)15(14)18/h3-9H,2,18H2,1H3. The number of nitriles is 1. The lowest BCUT2D eigenvalue weighted by atomic mass is 10.1. The van der Waals surface area contributed by atoms with Gasteiger partial charge in [0, 0.05) is 6.54 Å². The first-order chi connectivity index (χ1) is 9.19. The van der Waals surface area contributed by atoms with Crippen molar-refractivity contribution in [3.8, 4) is 6.07 Å². The largest absolute Gasteiger partial charge is 0.396 e. The van der Waals surface area contributed by atoms with Gasteiger partial charge in [-0.25, -0.2) is 4.39 Å². The number of benzene rings is 2. The molecule has 0 radical (unpaired) electrons. The molecule has 0 bridgehead atoms. The van der Waals surface area contributed by atoms with Crippen molar-refractivity contribution in [2.45, 2.75) is 6.92 Å². The number of anilines is 3. The molecule has 0 aromatic heterocycles. The molecular weight excluding hydrogens is 241 g/mol. The van der Waals surface area contributed by atoms with Crippen LogP contribution in [-0.2, 0) is 0 Å². The van der Waals surface area contributed by atoms with Crippen molar-refractivity contribution in [2.24, 2.45) is 0 Å². The topological polar surface area (TPSA) is 53.0 Å². The predicted molar refractivity (Wildman–Crippen MR) is 74.6 cm³/mol. The fourth-order valence-electron chi connectivity index (χ4n) is 2.03. The minimum absolute atomic E-state index is 0.314. The average molecular weight is 255 g/mol. The molecule has 0 aliphatic rings. The molecule has 0 heterocycles. The van der Waals surface area contributed by atoms with Crippen molar-refractivity contribution < 1.29 is 4.39 Å². The summed E-state index contributed by atoms with van der Waals surface area (Å²) in [5.41, 5.74) is 7.83. The van der Waals surface area contributed by atoms with Crippen molar-refractivity contribution in [3.63, 3.8) is 0 Å². The van der Waals surface area contributed by atoms with Crippen LogP contribution in [0.3, 0.4) is 0 Å². The van der Waals surface area contributed by atoms with Crippen LogP contribution in [0.15, 0.2) is 42.5 Å². The lowest BCUT2D eigenvalue weighted by molar-refractivity contribution is 0.626. The molecule has 0 amide bonds. The Morgan fingerprint density at radius 3 is 2.47 bits per heavy atom. The molecule has 0 unspecified atom stereocenters. The van der Waals surface area contributed by atoms with E-state index in [2.05, 4.69) is 0 Å². The third-order valence-corrected chi connectivity index (χ3v) is 2.95. The molecule has 0 spiro atoms. The van der Waals surface area contributed by atoms with Gasteiger partial charge in [-0.05, 0) is 31.2 Å². The van der Waals surface area contributed by atoms with Crippen molar-refractivity contribution >= 4 is 17.1 Å². The van der Waals surface area contributed by atoms with Crippen LogP contribution in [0.2, 0.25) is 0 Å². The van der Waals surface area contributed by atoms with E-state index >= 15 is 0 Å². The molecular formula is C15H14FN3. The van der Waals surface area contributed by atoms with Gasteiger partial charge in [-0.2, -0.15) is 5.26 Å². The maximum Gasteiger partial charge on any atom is 0.146 e. The summed E-state index contributed by atoms with van der Waals surface area (Å²) in [7, 11) is 0. The summed E-state index contributed by atoms with van der Waals surface area (Å²) in [6.45, 7) is 2.46. The molecule has 0 saturated carbocycles. The molecule has 0 aliphatic heterocycles. The minimum Gasteiger partial charge on any atom is -0.396 e. The Kier molecular flexibility index (Phi) is 3.67. The van der Waals surface area contributed by atoms with Crippen molar-refractivity contribution in [3.05, 3.63) is 53.8 Å². The van der Waals surface area contributed by atoms with Crippen LogP contribution in [0.1, 0.15) is 12.5 Å².